The Balaban J connectivity index is 2.08. The zero-order chi connectivity index (χ0) is 21.4. The van der Waals surface area contributed by atoms with Crippen LogP contribution >= 0.6 is 23.4 Å². The van der Waals surface area contributed by atoms with E-state index in [0.29, 0.717) is 23.6 Å². The van der Waals surface area contributed by atoms with E-state index in [1.54, 1.807) is 48.0 Å². The van der Waals surface area contributed by atoms with Gasteiger partial charge in [0.15, 0.2) is 0 Å². The van der Waals surface area contributed by atoms with E-state index in [0.717, 1.165) is 17.0 Å². The summed E-state index contributed by atoms with van der Waals surface area (Å²) in [7, 11) is 5.74. The van der Waals surface area contributed by atoms with Gasteiger partial charge in [-0.05, 0) is 48.3 Å². The Hall–Kier alpha value is -2.18. The van der Waals surface area contributed by atoms with Crippen molar-refractivity contribution in [2.24, 2.45) is 0 Å². The van der Waals surface area contributed by atoms with Crippen molar-refractivity contribution in [3.8, 4) is 0 Å². The van der Waals surface area contributed by atoms with E-state index in [2.05, 4.69) is 5.32 Å². The van der Waals surface area contributed by atoms with Gasteiger partial charge in [0.05, 0.1) is 10.6 Å². The average Bonchev–Trinajstić information content (AvgIpc) is 2.71. The van der Waals surface area contributed by atoms with E-state index in [1.165, 1.54) is 0 Å². The summed E-state index contributed by atoms with van der Waals surface area (Å²) in [6.07, 6.45) is 2.54. The predicted octanol–water partition coefficient (Wildman–Crippen LogP) is 3.92. The minimum absolute atomic E-state index is 0.115. The monoisotopic (exact) mass is 433 g/mol. The fourth-order valence-corrected chi connectivity index (χ4v) is 3.58. The first kappa shape index (κ1) is 23.1. The second-order valence-electron chi connectivity index (χ2n) is 7.04. The number of likely N-dealkylation sites (N-methyl/N-ethyl adjacent to an activating group) is 1. The summed E-state index contributed by atoms with van der Waals surface area (Å²) in [6.45, 7) is 0.476. The number of rotatable bonds is 9. The van der Waals surface area contributed by atoms with E-state index in [-0.39, 0.29) is 11.8 Å². The van der Waals surface area contributed by atoms with Crippen molar-refractivity contribution in [3.05, 3.63) is 64.7 Å². The van der Waals surface area contributed by atoms with Crippen LogP contribution in [0.15, 0.2) is 48.5 Å². The largest absolute Gasteiger partial charge is 0.378 e. The standard InChI is InChI=1S/C22H28ClN3O2S/c1-25(2)17-11-9-16(10-12-17)15-26(3)22(28)20(13-14-29-4)24-21(27)18-7-5-6-8-19(18)23/h5-12,20H,13-15H2,1-4H3,(H,24,27). The van der Waals surface area contributed by atoms with Crippen molar-refractivity contribution in [1.82, 2.24) is 10.2 Å². The van der Waals surface area contributed by atoms with Crippen LogP contribution in [0.3, 0.4) is 0 Å². The molecular formula is C22H28ClN3O2S. The number of halogens is 1. The lowest BCUT2D eigenvalue weighted by atomic mass is 10.1. The third-order valence-electron chi connectivity index (χ3n) is 4.58. The number of nitrogens with one attached hydrogen (secondary N) is 1. The molecule has 2 aromatic rings. The topological polar surface area (TPSA) is 52.7 Å². The number of benzene rings is 2. The number of amides is 2. The zero-order valence-electron chi connectivity index (χ0n) is 17.3. The molecule has 29 heavy (non-hydrogen) atoms. The van der Waals surface area contributed by atoms with Crippen molar-refractivity contribution < 1.29 is 9.59 Å². The summed E-state index contributed by atoms with van der Waals surface area (Å²) < 4.78 is 0. The third-order valence-corrected chi connectivity index (χ3v) is 5.55. The summed E-state index contributed by atoms with van der Waals surface area (Å²) in [5.41, 5.74) is 2.51. The Kier molecular flexibility index (Phi) is 8.86. The van der Waals surface area contributed by atoms with E-state index < -0.39 is 6.04 Å². The minimum atomic E-state index is -0.600. The van der Waals surface area contributed by atoms with Crippen molar-refractivity contribution in [3.63, 3.8) is 0 Å². The van der Waals surface area contributed by atoms with Crippen molar-refractivity contribution in [2.75, 3.05) is 38.1 Å². The van der Waals surface area contributed by atoms with Crippen LogP contribution in [0, 0.1) is 0 Å². The van der Waals surface area contributed by atoms with Gasteiger partial charge >= 0.3 is 0 Å². The van der Waals surface area contributed by atoms with Gasteiger partial charge in [-0.2, -0.15) is 11.8 Å². The summed E-state index contributed by atoms with van der Waals surface area (Å²) in [5, 5.41) is 3.24. The molecule has 0 radical (unpaired) electrons. The number of carbonyl (C=O) groups is 2. The molecule has 0 aliphatic carbocycles. The molecule has 1 N–H and O–H groups in total. The molecule has 1 unspecified atom stereocenters. The highest BCUT2D eigenvalue weighted by Crippen LogP contribution is 2.17. The number of carbonyl (C=O) groups excluding carboxylic acids is 2. The summed E-state index contributed by atoms with van der Waals surface area (Å²) in [5.74, 6) is 0.319. The first-order valence-corrected chi connectivity index (χ1v) is 11.2. The molecule has 156 valence electrons. The molecule has 0 spiro atoms. The molecule has 0 saturated carbocycles. The van der Waals surface area contributed by atoms with Crippen LogP contribution in [0.1, 0.15) is 22.3 Å². The number of anilines is 1. The van der Waals surface area contributed by atoms with Crippen molar-refractivity contribution >= 4 is 40.9 Å². The van der Waals surface area contributed by atoms with Crippen LogP contribution in [0.2, 0.25) is 5.02 Å². The quantitative estimate of drug-likeness (QED) is 0.651. The zero-order valence-corrected chi connectivity index (χ0v) is 18.9. The fraction of sp³-hybridized carbons (Fsp3) is 0.364. The van der Waals surface area contributed by atoms with Crippen molar-refractivity contribution in [2.45, 2.75) is 19.0 Å². The highest BCUT2D eigenvalue weighted by molar-refractivity contribution is 7.98. The SMILES string of the molecule is CSCCC(NC(=O)c1ccccc1Cl)C(=O)N(C)Cc1ccc(N(C)C)cc1. The number of hydrogen-bond acceptors (Lipinski definition) is 4. The number of thioether (sulfide) groups is 1. The van der Waals surface area contributed by atoms with E-state index >= 15 is 0 Å². The van der Waals surface area contributed by atoms with Crippen LogP contribution in [-0.2, 0) is 11.3 Å². The van der Waals surface area contributed by atoms with Gasteiger partial charge in [-0.15, -0.1) is 0 Å². The lowest BCUT2D eigenvalue weighted by Gasteiger charge is -2.25. The second-order valence-corrected chi connectivity index (χ2v) is 8.44. The molecule has 1 atom stereocenters. The van der Waals surface area contributed by atoms with Crippen LogP contribution in [-0.4, -0.2) is 55.9 Å². The predicted molar refractivity (Wildman–Crippen MR) is 123 cm³/mol. The molecule has 0 aliphatic rings. The maximum absolute atomic E-state index is 13.0. The van der Waals surface area contributed by atoms with E-state index in [1.807, 2.05) is 49.5 Å². The first-order chi connectivity index (χ1) is 13.8. The van der Waals surface area contributed by atoms with Crippen LogP contribution in [0.5, 0.6) is 0 Å². The molecular weight excluding hydrogens is 406 g/mol. The molecule has 2 rings (SSSR count). The van der Waals surface area contributed by atoms with Gasteiger partial charge in [0.1, 0.15) is 6.04 Å². The first-order valence-electron chi connectivity index (χ1n) is 9.39. The molecule has 0 fully saturated rings. The summed E-state index contributed by atoms with van der Waals surface area (Å²) in [4.78, 5) is 29.4. The van der Waals surface area contributed by atoms with Gasteiger partial charge in [0.25, 0.3) is 5.91 Å². The molecule has 0 bridgehead atoms. The molecule has 0 heterocycles. The molecule has 2 aromatic carbocycles. The minimum Gasteiger partial charge on any atom is -0.378 e. The maximum atomic E-state index is 13.0. The van der Waals surface area contributed by atoms with Gasteiger partial charge in [0.2, 0.25) is 5.91 Å². The molecule has 0 aliphatic heterocycles. The molecule has 0 saturated heterocycles. The lowest BCUT2D eigenvalue weighted by Crippen LogP contribution is -2.47. The highest BCUT2D eigenvalue weighted by Gasteiger charge is 2.25. The van der Waals surface area contributed by atoms with Gasteiger partial charge in [-0.1, -0.05) is 35.9 Å². The number of hydrogen-bond donors (Lipinski definition) is 1. The Morgan fingerprint density at radius 3 is 2.31 bits per heavy atom. The van der Waals surface area contributed by atoms with E-state index in [9.17, 15) is 9.59 Å². The summed E-state index contributed by atoms with van der Waals surface area (Å²) >= 11 is 7.77. The highest BCUT2D eigenvalue weighted by atomic mass is 35.5. The van der Waals surface area contributed by atoms with Gasteiger partial charge in [-0.3, -0.25) is 9.59 Å². The Morgan fingerprint density at radius 2 is 1.72 bits per heavy atom. The molecule has 5 nitrogen and oxygen atoms in total. The fourth-order valence-electron chi connectivity index (χ4n) is 2.89. The molecule has 0 aromatic heterocycles. The lowest BCUT2D eigenvalue weighted by molar-refractivity contribution is -0.132. The third kappa shape index (κ3) is 6.68. The van der Waals surface area contributed by atoms with Crippen LogP contribution < -0.4 is 10.2 Å². The second kappa shape index (κ2) is 11.1. The Labute approximate surface area is 182 Å². The molecule has 7 heteroatoms. The van der Waals surface area contributed by atoms with Gasteiger partial charge < -0.3 is 15.1 Å². The van der Waals surface area contributed by atoms with Crippen LogP contribution in [0.25, 0.3) is 0 Å². The normalized spacial score (nSPS) is 11.6. The van der Waals surface area contributed by atoms with Gasteiger partial charge in [-0.25, -0.2) is 0 Å². The Bertz CT molecular complexity index is 827. The van der Waals surface area contributed by atoms with Crippen LogP contribution in [0.4, 0.5) is 5.69 Å². The smallest absolute Gasteiger partial charge is 0.253 e. The average molecular weight is 434 g/mol. The number of nitrogens with zero attached hydrogens (tertiary/aromatic N) is 2. The Morgan fingerprint density at radius 1 is 1.07 bits per heavy atom. The van der Waals surface area contributed by atoms with Gasteiger partial charge in [0, 0.05) is 33.4 Å². The van der Waals surface area contributed by atoms with Crippen molar-refractivity contribution in [1.29, 1.82) is 0 Å². The maximum Gasteiger partial charge on any atom is 0.253 e. The molecule has 2 amide bonds. The van der Waals surface area contributed by atoms with E-state index in [4.69, 9.17) is 11.6 Å². The summed E-state index contributed by atoms with van der Waals surface area (Å²) in [6, 6.07) is 14.3.